The molecule has 0 aliphatic carbocycles. The molecule has 0 atom stereocenters. The van der Waals surface area contributed by atoms with Gasteiger partial charge in [-0.2, -0.15) is 0 Å². The van der Waals surface area contributed by atoms with Crippen molar-refractivity contribution >= 4 is 5.97 Å². The summed E-state index contributed by atoms with van der Waals surface area (Å²) in [5.74, 6) is 0.506. The Kier molecular flexibility index (Phi) is 4.67. The van der Waals surface area contributed by atoms with E-state index in [1.807, 2.05) is 24.3 Å². The van der Waals surface area contributed by atoms with Crippen LogP contribution in [0.25, 0.3) is 11.5 Å². The molecule has 122 valence electrons. The van der Waals surface area contributed by atoms with Gasteiger partial charge in [-0.25, -0.2) is 4.79 Å². The minimum Gasteiger partial charge on any atom is -0.465 e. The van der Waals surface area contributed by atoms with Crippen molar-refractivity contribution in [3.63, 3.8) is 0 Å². The van der Waals surface area contributed by atoms with Gasteiger partial charge in [0.15, 0.2) is 0 Å². The molecule has 0 saturated carbocycles. The second-order valence-electron chi connectivity index (χ2n) is 5.22. The van der Waals surface area contributed by atoms with Crippen molar-refractivity contribution in [2.75, 3.05) is 7.11 Å². The van der Waals surface area contributed by atoms with Crippen LogP contribution in [-0.4, -0.2) is 28.4 Å². The van der Waals surface area contributed by atoms with E-state index in [1.54, 1.807) is 24.3 Å². The summed E-state index contributed by atoms with van der Waals surface area (Å²) in [6.07, 6.45) is 0.513. The standard InChI is InChI=1S/C18H16N2O4/c1-23-18(22)15-8-6-14(7-9-15)17-20-19-16(24-17)10-12-2-4-13(11-21)5-3-12/h2-9,21H,10-11H2,1H3. The van der Waals surface area contributed by atoms with E-state index in [-0.39, 0.29) is 12.6 Å². The van der Waals surface area contributed by atoms with Crippen molar-refractivity contribution in [2.45, 2.75) is 13.0 Å². The number of methoxy groups -OCH3 is 1. The Hall–Kier alpha value is -2.99. The third kappa shape index (κ3) is 3.49. The number of esters is 1. The fraction of sp³-hybridized carbons (Fsp3) is 0.167. The minimum absolute atomic E-state index is 0.0204. The molecular weight excluding hydrogens is 308 g/mol. The molecule has 6 nitrogen and oxygen atoms in total. The first-order chi connectivity index (χ1) is 11.7. The largest absolute Gasteiger partial charge is 0.465 e. The second kappa shape index (κ2) is 7.06. The predicted molar refractivity (Wildman–Crippen MR) is 86.2 cm³/mol. The Bertz CT molecular complexity index is 823. The first kappa shape index (κ1) is 15.9. The van der Waals surface area contributed by atoms with Gasteiger partial charge in [-0.3, -0.25) is 0 Å². The van der Waals surface area contributed by atoms with Crippen LogP contribution in [0.5, 0.6) is 0 Å². The topological polar surface area (TPSA) is 85.5 Å². The van der Waals surface area contributed by atoms with E-state index < -0.39 is 0 Å². The van der Waals surface area contributed by atoms with Gasteiger partial charge < -0.3 is 14.3 Å². The third-order valence-corrected chi connectivity index (χ3v) is 3.58. The van der Waals surface area contributed by atoms with E-state index in [0.717, 1.165) is 16.7 Å². The van der Waals surface area contributed by atoms with Gasteiger partial charge in [0.2, 0.25) is 11.8 Å². The highest BCUT2D eigenvalue weighted by atomic mass is 16.5. The normalized spacial score (nSPS) is 10.6. The van der Waals surface area contributed by atoms with Crippen molar-refractivity contribution in [1.82, 2.24) is 10.2 Å². The Morgan fingerprint density at radius 3 is 2.33 bits per heavy atom. The van der Waals surface area contributed by atoms with Crippen LogP contribution in [0, 0.1) is 0 Å². The van der Waals surface area contributed by atoms with Crippen LogP contribution in [0.3, 0.4) is 0 Å². The molecule has 0 spiro atoms. The van der Waals surface area contributed by atoms with Crippen LogP contribution in [0.2, 0.25) is 0 Å². The number of carbonyl (C=O) groups is 1. The predicted octanol–water partition coefficient (Wildman–Crippen LogP) is 2.61. The zero-order valence-electron chi connectivity index (χ0n) is 13.1. The highest BCUT2D eigenvalue weighted by Gasteiger charge is 2.11. The number of aliphatic hydroxyl groups is 1. The van der Waals surface area contributed by atoms with Crippen LogP contribution in [0.15, 0.2) is 52.9 Å². The van der Waals surface area contributed by atoms with Crippen LogP contribution in [-0.2, 0) is 17.8 Å². The molecule has 0 aliphatic rings. The van der Waals surface area contributed by atoms with Gasteiger partial charge in [0.05, 0.1) is 25.7 Å². The summed E-state index contributed by atoms with van der Waals surface area (Å²) in [6, 6.07) is 14.3. The molecule has 0 saturated heterocycles. The maximum absolute atomic E-state index is 11.4. The fourth-order valence-electron chi connectivity index (χ4n) is 2.25. The van der Waals surface area contributed by atoms with E-state index in [1.165, 1.54) is 7.11 Å². The lowest BCUT2D eigenvalue weighted by Crippen LogP contribution is -2.00. The fourth-order valence-corrected chi connectivity index (χ4v) is 2.25. The van der Waals surface area contributed by atoms with Gasteiger partial charge in [-0.1, -0.05) is 24.3 Å². The Morgan fingerprint density at radius 1 is 1.04 bits per heavy atom. The van der Waals surface area contributed by atoms with Gasteiger partial charge in [-0.15, -0.1) is 10.2 Å². The van der Waals surface area contributed by atoms with Crippen molar-refractivity contribution in [3.05, 3.63) is 71.1 Å². The number of hydrogen-bond acceptors (Lipinski definition) is 6. The average Bonchev–Trinajstić information content (AvgIpc) is 3.10. The SMILES string of the molecule is COC(=O)c1ccc(-c2nnc(Cc3ccc(CO)cc3)o2)cc1. The molecule has 3 rings (SSSR count). The number of nitrogens with zero attached hydrogens (tertiary/aromatic N) is 2. The zero-order valence-corrected chi connectivity index (χ0v) is 13.1. The Morgan fingerprint density at radius 2 is 1.71 bits per heavy atom. The number of rotatable bonds is 5. The van der Waals surface area contributed by atoms with E-state index in [0.29, 0.717) is 23.8 Å². The lowest BCUT2D eigenvalue weighted by molar-refractivity contribution is 0.0600. The summed E-state index contributed by atoms with van der Waals surface area (Å²) in [4.78, 5) is 11.4. The molecule has 0 bridgehead atoms. The molecule has 2 aromatic carbocycles. The first-order valence-electron chi connectivity index (χ1n) is 7.39. The summed E-state index contributed by atoms with van der Waals surface area (Å²) < 4.78 is 10.3. The Balaban J connectivity index is 1.73. The molecule has 24 heavy (non-hydrogen) atoms. The lowest BCUT2D eigenvalue weighted by Gasteiger charge is -2.00. The molecular formula is C18H16N2O4. The number of benzene rings is 2. The van der Waals surface area contributed by atoms with Crippen molar-refractivity contribution < 1.29 is 19.1 Å². The summed E-state index contributed by atoms with van der Waals surface area (Å²) >= 11 is 0. The van der Waals surface area contributed by atoms with E-state index in [4.69, 9.17) is 9.52 Å². The van der Waals surface area contributed by atoms with Crippen LogP contribution in [0.1, 0.15) is 27.4 Å². The number of aliphatic hydroxyl groups excluding tert-OH is 1. The monoisotopic (exact) mass is 324 g/mol. The maximum atomic E-state index is 11.4. The van der Waals surface area contributed by atoms with Gasteiger partial charge in [0.1, 0.15) is 0 Å². The molecule has 0 unspecified atom stereocenters. The number of ether oxygens (including phenoxy) is 1. The first-order valence-corrected chi connectivity index (χ1v) is 7.39. The van der Waals surface area contributed by atoms with Gasteiger partial charge in [-0.05, 0) is 35.4 Å². The lowest BCUT2D eigenvalue weighted by atomic mass is 10.1. The molecule has 0 fully saturated rings. The summed E-state index contributed by atoms with van der Waals surface area (Å²) in [7, 11) is 1.34. The van der Waals surface area contributed by atoms with Crippen molar-refractivity contribution in [3.8, 4) is 11.5 Å². The smallest absolute Gasteiger partial charge is 0.337 e. The van der Waals surface area contributed by atoms with Crippen LogP contribution < -0.4 is 0 Å². The highest BCUT2D eigenvalue weighted by molar-refractivity contribution is 5.89. The van der Waals surface area contributed by atoms with E-state index in [9.17, 15) is 4.79 Å². The van der Waals surface area contributed by atoms with Crippen molar-refractivity contribution in [2.24, 2.45) is 0 Å². The third-order valence-electron chi connectivity index (χ3n) is 3.58. The van der Waals surface area contributed by atoms with E-state index in [2.05, 4.69) is 14.9 Å². The average molecular weight is 324 g/mol. The summed E-state index contributed by atoms with van der Waals surface area (Å²) in [6.45, 7) is 0.0204. The maximum Gasteiger partial charge on any atom is 0.337 e. The van der Waals surface area contributed by atoms with Crippen LogP contribution in [0.4, 0.5) is 0 Å². The molecule has 0 radical (unpaired) electrons. The molecule has 1 aromatic heterocycles. The Labute approximate surface area is 138 Å². The number of aromatic nitrogens is 2. The van der Waals surface area contributed by atoms with Gasteiger partial charge in [0.25, 0.3) is 0 Å². The number of carbonyl (C=O) groups excluding carboxylic acids is 1. The molecule has 1 heterocycles. The van der Waals surface area contributed by atoms with Crippen molar-refractivity contribution in [1.29, 1.82) is 0 Å². The molecule has 6 heteroatoms. The quantitative estimate of drug-likeness (QED) is 0.726. The zero-order chi connectivity index (χ0) is 16.9. The highest BCUT2D eigenvalue weighted by Crippen LogP contribution is 2.20. The molecule has 1 N–H and O–H groups in total. The van der Waals surface area contributed by atoms with Crippen LogP contribution >= 0.6 is 0 Å². The van der Waals surface area contributed by atoms with Gasteiger partial charge >= 0.3 is 5.97 Å². The molecule has 0 amide bonds. The summed E-state index contributed by atoms with van der Waals surface area (Å²) in [5, 5.41) is 17.1. The van der Waals surface area contributed by atoms with Gasteiger partial charge in [0, 0.05) is 5.56 Å². The molecule has 0 aliphatic heterocycles. The summed E-state index contributed by atoms with van der Waals surface area (Å²) in [5.41, 5.74) is 3.07. The molecule has 3 aromatic rings. The van der Waals surface area contributed by atoms with E-state index >= 15 is 0 Å². The second-order valence-corrected chi connectivity index (χ2v) is 5.22. The minimum atomic E-state index is -0.390. The number of hydrogen-bond donors (Lipinski definition) is 1.